The van der Waals surface area contributed by atoms with E-state index in [1.165, 1.54) is 0 Å². The van der Waals surface area contributed by atoms with Crippen molar-refractivity contribution in [3.8, 4) is 0 Å². The first-order valence-corrected chi connectivity index (χ1v) is 3.12. The highest BCUT2D eigenvalue weighted by Gasteiger charge is 2.11. The first-order valence-electron chi connectivity index (χ1n) is 3.12. The lowest BCUT2D eigenvalue weighted by Gasteiger charge is -1.97. The lowest BCUT2D eigenvalue weighted by atomic mass is 10.1. The van der Waals surface area contributed by atoms with E-state index in [4.69, 9.17) is 13.1 Å². The minimum atomic E-state index is 0.201. The Morgan fingerprint density at radius 1 is 1.30 bits per heavy atom. The van der Waals surface area contributed by atoms with Crippen LogP contribution in [0.25, 0.3) is 9.69 Å². The van der Waals surface area contributed by atoms with Gasteiger partial charge < -0.3 is 9.69 Å². The molecule has 0 unspecified atom stereocenters. The Hall–Kier alpha value is -1.28. The van der Waals surface area contributed by atoms with Crippen LogP contribution in [-0.4, -0.2) is 13.1 Å². The standard InChI is InChI=1S/C8H10N2/c1-4-5-8(6-9-2)7-10-3/h4,8H,1,5-7H2. The molecule has 2 heteroatoms. The monoisotopic (exact) mass is 134 g/mol. The Morgan fingerprint density at radius 3 is 2.10 bits per heavy atom. The third kappa shape index (κ3) is 3.69. The fourth-order valence-corrected chi connectivity index (χ4v) is 0.701. The summed E-state index contributed by atoms with van der Waals surface area (Å²) in [6, 6.07) is 0. The molecule has 0 amide bonds. The van der Waals surface area contributed by atoms with Crippen LogP contribution in [0.15, 0.2) is 12.7 Å². The minimum absolute atomic E-state index is 0.201. The molecular formula is C8H10N2. The third-order valence-corrected chi connectivity index (χ3v) is 1.20. The summed E-state index contributed by atoms with van der Waals surface area (Å²) < 4.78 is 0. The zero-order valence-electron chi connectivity index (χ0n) is 5.88. The number of hydrogen-bond donors (Lipinski definition) is 0. The Labute approximate surface area is 61.8 Å². The summed E-state index contributed by atoms with van der Waals surface area (Å²) in [6.45, 7) is 17.6. The van der Waals surface area contributed by atoms with Gasteiger partial charge in [0.2, 0.25) is 13.1 Å². The van der Waals surface area contributed by atoms with Crippen LogP contribution in [0.3, 0.4) is 0 Å². The molecular weight excluding hydrogens is 124 g/mol. The van der Waals surface area contributed by atoms with Crippen molar-refractivity contribution in [3.05, 3.63) is 35.5 Å². The molecule has 0 saturated heterocycles. The van der Waals surface area contributed by atoms with Gasteiger partial charge >= 0.3 is 0 Å². The van der Waals surface area contributed by atoms with E-state index >= 15 is 0 Å². The molecule has 10 heavy (non-hydrogen) atoms. The Balaban J connectivity index is 3.65. The fourth-order valence-electron chi connectivity index (χ4n) is 0.701. The van der Waals surface area contributed by atoms with Crippen LogP contribution in [0, 0.1) is 19.1 Å². The van der Waals surface area contributed by atoms with Crippen molar-refractivity contribution in [2.45, 2.75) is 6.42 Å². The van der Waals surface area contributed by atoms with Crippen LogP contribution in [0.5, 0.6) is 0 Å². The van der Waals surface area contributed by atoms with E-state index in [1.807, 2.05) is 0 Å². The van der Waals surface area contributed by atoms with Gasteiger partial charge in [-0.25, -0.2) is 13.1 Å². The number of hydrogen-bond acceptors (Lipinski definition) is 0. The zero-order valence-corrected chi connectivity index (χ0v) is 5.88. The molecule has 0 saturated carbocycles. The molecule has 0 bridgehead atoms. The predicted molar refractivity (Wildman–Crippen MR) is 41.2 cm³/mol. The van der Waals surface area contributed by atoms with Gasteiger partial charge in [-0.3, -0.25) is 0 Å². The van der Waals surface area contributed by atoms with Crippen LogP contribution >= 0.6 is 0 Å². The summed E-state index contributed by atoms with van der Waals surface area (Å²) in [6.07, 6.45) is 2.55. The van der Waals surface area contributed by atoms with Crippen molar-refractivity contribution in [2.75, 3.05) is 13.1 Å². The molecule has 0 aromatic heterocycles. The van der Waals surface area contributed by atoms with E-state index in [2.05, 4.69) is 16.3 Å². The molecule has 0 rings (SSSR count). The highest BCUT2D eigenvalue weighted by atomic mass is 14.7. The van der Waals surface area contributed by atoms with E-state index in [1.54, 1.807) is 6.08 Å². The highest BCUT2D eigenvalue weighted by Crippen LogP contribution is 2.04. The lowest BCUT2D eigenvalue weighted by Crippen LogP contribution is -2.04. The molecule has 0 radical (unpaired) electrons. The summed E-state index contributed by atoms with van der Waals surface area (Å²) in [5.41, 5.74) is 0. The maximum absolute atomic E-state index is 6.58. The average molecular weight is 134 g/mol. The maximum atomic E-state index is 6.58. The minimum Gasteiger partial charge on any atom is -0.316 e. The smallest absolute Gasteiger partial charge is 0.224 e. The number of nitrogens with zero attached hydrogens (tertiary/aromatic N) is 2. The lowest BCUT2D eigenvalue weighted by molar-refractivity contribution is 0.626. The molecule has 0 aromatic rings. The van der Waals surface area contributed by atoms with Gasteiger partial charge in [0, 0.05) is 0 Å². The molecule has 0 aliphatic carbocycles. The molecule has 0 heterocycles. The van der Waals surface area contributed by atoms with Crippen molar-refractivity contribution in [1.29, 1.82) is 0 Å². The van der Waals surface area contributed by atoms with Crippen molar-refractivity contribution >= 4 is 0 Å². The summed E-state index contributed by atoms with van der Waals surface area (Å²) in [5.74, 6) is 0.201. The van der Waals surface area contributed by atoms with E-state index in [0.29, 0.717) is 13.1 Å². The molecule has 0 aliphatic rings. The van der Waals surface area contributed by atoms with Crippen molar-refractivity contribution in [3.63, 3.8) is 0 Å². The number of rotatable bonds is 4. The van der Waals surface area contributed by atoms with E-state index in [0.717, 1.165) is 6.42 Å². The van der Waals surface area contributed by atoms with Gasteiger partial charge in [-0.05, 0) is 6.42 Å². The van der Waals surface area contributed by atoms with Crippen molar-refractivity contribution < 1.29 is 0 Å². The Bertz CT molecular complexity index is 155. The fraction of sp³-hybridized carbons (Fsp3) is 0.500. The van der Waals surface area contributed by atoms with Crippen LogP contribution < -0.4 is 0 Å². The van der Waals surface area contributed by atoms with Gasteiger partial charge in [0.05, 0.1) is 0 Å². The molecule has 0 N–H and O–H groups in total. The molecule has 0 atom stereocenters. The van der Waals surface area contributed by atoms with Crippen LogP contribution in [0.1, 0.15) is 6.42 Å². The van der Waals surface area contributed by atoms with E-state index in [-0.39, 0.29) is 5.92 Å². The molecule has 52 valence electrons. The van der Waals surface area contributed by atoms with Gasteiger partial charge in [0.15, 0.2) is 0 Å². The van der Waals surface area contributed by atoms with E-state index in [9.17, 15) is 0 Å². The maximum Gasteiger partial charge on any atom is 0.224 e. The highest BCUT2D eigenvalue weighted by molar-refractivity contribution is 4.83. The van der Waals surface area contributed by atoms with Crippen molar-refractivity contribution in [1.82, 2.24) is 0 Å². The van der Waals surface area contributed by atoms with E-state index < -0.39 is 0 Å². The summed E-state index contributed by atoms with van der Waals surface area (Å²) >= 11 is 0. The van der Waals surface area contributed by atoms with Gasteiger partial charge in [0.25, 0.3) is 0 Å². The summed E-state index contributed by atoms with van der Waals surface area (Å²) in [7, 11) is 0. The second kappa shape index (κ2) is 5.85. The number of allylic oxidation sites excluding steroid dienone is 1. The first-order chi connectivity index (χ1) is 4.85. The summed E-state index contributed by atoms with van der Waals surface area (Å²) in [5, 5.41) is 0. The Morgan fingerprint density at radius 2 is 1.80 bits per heavy atom. The second-order valence-corrected chi connectivity index (χ2v) is 2.07. The van der Waals surface area contributed by atoms with Crippen molar-refractivity contribution in [2.24, 2.45) is 5.92 Å². The van der Waals surface area contributed by atoms with Gasteiger partial charge in [-0.1, -0.05) is 6.08 Å². The van der Waals surface area contributed by atoms with Gasteiger partial charge in [0.1, 0.15) is 5.92 Å². The first kappa shape index (κ1) is 8.72. The molecule has 0 aromatic carbocycles. The van der Waals surface area contributed by atoms with Crippen LogP contribution in [0.4, 0.5) is 0 Å². The zero-order chi connectivity index (χ0) is 7.82. The average Bonchev–Trinajstić information content (AvgIpc) is 1.90. The van der Waals surface area contributed by atoms with Crippen LogP contribution in [-0.2, 0) is 0 Å². The molecule has 2 nitrogen and oxygen atoms in total. The molecule has 0 aliphatic heterocycles. The quantitative estimate of drug-likeness (QED) is 0.411. The SMILES string of the molecule is [C-]#[N+]CC(CC=C)C[N+]#[C-]. The summed E-state index contributed by atoms with van der Waals surface area (Å²) in [4.78, 5) is 6.46. The third-order valence-electron chi connectivity index (χ3n) is 1.20. The normalized spacial score (nSPS) is 8.30. The molecule has 0 fully saturated rings. The largest absolute Gasteiger partial charge is 0.316 e. The van der Waals surface area contributed by atoms with Gasteiger partial charge in [-0.2, -0.15) is 0 Å². The second-order valence-electron chi connectivity index (χ2n) is 2.07. The molecule has 0 spiro atoms. The topological polar surface area (TPSA) is 8.72 Å². The van der Waals surface area contributed by atoms with Crippen LogP contribution in [0.2, 0.25) is 0 Å². The Kier molecular flexibility index (Phi) is 5.10. The van der Waals surface area contributed by atoms with Gasteiger partial charge in [-0.15, -0.1) is 6.58 Å². The predicted octanol–water partition coefficient (Wildman–Crippen LogP) is 2.02.